The SMILES string of the molecule is O=C(O)c1ccc(S(=O)(=O)c2ccc(CCNC[C@@H](O)c3cccnc3)cc2)cc1. The summed E-state index contributed by atoms with van der Waals surface area (Å²) in [5.41, 5.74) is 1.74. The second kappa shape index (κ2) is 9.62. The van der Waals surface area contributed by atoms with Gasteiger partial charge in [0.25, 0.3) is 0 Å². The summed E-state index contributed by atoms with van der Waals surface area (Å²) >= 11 is 0. The second-order valence-corrected chi connectivity index (χ2v) is 8.68. The van der Waals surface area contributed by atoms with Crippen molar-refractivity contribution in [3.63, 3.8) is 0 Å². The molecule has 0 saturated carbocycles. The Kier molecular flexibility index (Phi) is 6.94. The Bertz CT molecular complexity index is 1080. The molecule has 3 N–H and O–H groups in total. The van der Waals surface area contributed by atoms with Gasteiger partial charge in [0.15, 0.2) is 0 Å². The highest BCUT2D eigenvalue weighted by atomic mass is 32.2. The fraction of sp³-hybridized carbons (Fsp3) is 0.182. The number of aliphatic hydroxyl groups is 1. The van der Waals surface area contributed by atoms with Crippen molar-refractivity contribution in [2.24, 2.45) is 0 Å². The molecule has 1 atom stereocenters. The number of benzene rings is 2. The lowest BCUT2D eigenvalue weighted by molar-refractivity contribution is 0.0696. The van der Waals surface area contributed by atoms with E-state index in [-0.39, 0.29) is 15.4 Å². The number of sulfone groups is 1. The van der Waals surface area contributed by atoms with Gasteiger partial charge in [-0.15, -0.1) is 0 Å². The van der Waals surface area contributed by atoms with Gasteiger partial charge in [0.1, 0.15) is 0 Å². The number of carbonyl (C=O) groups is 1. The van der Waals surface area contributed by atoms with E-state index in [4.69, 9.17) is 5.11 Å². The third-order valence-corrected chi connectivity index (χ3v) is 6.43. The van der Waals surface area contributed by atoms with Crippen LogP contribution in [0.2, 0.25) is 0 Å². The van der Waals surface area contributed by atoms with Crippen molar-refractivity contribution >= 4 is 15.8 Å². The average molecular weight is 426 g/mol. The minimum Gasteiger partial charge on any atom is -0.478 e. The third kappa shape index (κ3) is 5.29. The van der Waals surface area contributed by atoms with Gasteiger partial charge in [-0.05, 0) is 61.0 Å². The molecule has 30 heavy (non-hydrogen) atoms. The predicted molar refractivity (Wildman–Crippen MR) is 111 cm³/mol. The number of aromatic carboxylic acids is 1. The molecule has 0 unspecified atom stereocenters. The van der Waals surface area contributed by atoms with Gasteiger partial charge in [-0.25, -0.2) is 13.2 Å². The van der Waals surface area contributed by atoms with Crippen LogP contribution in [0.5, 0.6) is 0 Å². The van der Waals surface area contributed by atoms with Crippen molar-refractivity contribution in [3.8, 4) is 0 Å². The maximum atomic E-state index is 12.7. The van der Waals surface area contributed by atoms with Crippen LogP contribution in [-0.4, -0.2) is 42.7 Å². The summed E-state index contributed by atoms with van der Waals surface area (Å²) in [5.74, 6) is -1.11. The lowest BCUT2D eigenvalue weighted by Gasteiger charge is -2.12. The lowest BCUT2D eigenvalue weighted by atomic mass is 10.1. The topological polar surface area (TPSA) is 117 Å². The molecule has 0 spiro atoms. The van der Waals surface area contributed by atoms with E-state index in [1.807, 2.05) is 6.07 Å². The molecule has 1 aromatic heterocycles. The molecule has 3 rings (SSSR count). The van der Waals surface area contributed by atoms with Gasteiger partial charge >= 0.3 is 5.97 Å². The Balaban J connectivity index is 1.56. The summed E-state index contributed by atoms with van der Waals surface area (Å²) in [6, 6.07) is 15.3. The molecule has 0 bridgehead atoms. The van der Waals surface area contributed by atoms with Crippen molar-refractivity contribution in [3.05, 3.63) is 89.7 Å². The maximum Gasteiger partial charge on any atom is 0.335 e. The van der Waals surface area contributed by atoms with Crippen molar-refractivity contribution < 1.29 is 23.4 Å². The van der Waals surface area contributed by atoms with Crippen LogP contribution in [0, 0.1) is 0 Å². The number of aromatic nitrogens is 1. The molecule has 8 heteroatoms. The molecule has 2 aromatic carbocycles. The normalized spacial score (nSPS) is 12.4. The monoisotopic (exact) mass is 426 g/mol. The quantitative estimate of drug-likeness (QED) is 0.450. The minimum absolute atomic E-state index is 0.0328. The van der Waals surface area contributed by atoms with Crippen molar-refractivity contribution in [2.75, 3.05) is 13.1 Å². The first-order chi connectivity index (χ1) is 14.4. The minimum atomic E-state index is -3.71. The van der Waals surface area contributed by atoms with E-state index in [9.17, 15) is 18.3 Å². The van der Waals surface area contributed by atoms with Gasteiger partial charge in [0, 0.05) is 24.5 Å². The fourth-order valence-electron chi connectivity index (χ4n) is 2.91. The molecular formula is C22H22N2O5S. The average Bonchev–Trinajstić information content (AvgIpc) is 2.77. The maximum absolute atomic E-state index is 12.7. The first kappa shape index (κ1) is 21.6. The highest BCUT2D eigenvalue weighted by molar-refractivity contribution is 7.91. The van der Waals surface area contributed by atoms with Crippen LogP contribution >= 0.6 is 0 Å². The van der Waals surface area contributed by atoms with Crippen LogP contribution in [0.15, 0.2) is 82.8 Å². The van der Waals surface area contributed by atoms with E-state index in [0.29, 0.717) is 19.5 Å². The summed E-state index contributed by atoms with van der Waals surface area (Å²) in [6.45, 7) is 1.02. The van der Waals surface area contributed by atoms with Crippen molar-refractivity contribution in [1.82, 2.24) is 10.3 Å². The van der Waals surface area contributed by atoms with Gasteiger partial charge in [-0.1, -0.05) is 18.2 Å². The summed E-state index contributed by atoms with van der Waals surface area (Å²) in [7, 11) is -3.71. The molecule has 0 radical (unpaired) electrons. The standard InChI is InChI=1S/C22H22N2O5S/c25-21(18-2-1-12-23-14-18)15-24-13-11-16-3-7-19(8-4-16)30(28,29)20-9-5-17(6-10-20)22(26)27/h1-10,12,14,21,24-25H,11,13,15H2,(H,26,27)/t21-/m1/s1. The number of rotatable bonds is 9. The number of carboxylic acid groups (broad SMARTS) is 1. The smallest absolute Gasteiger partial charge is 0.335 e. The van der Waals surface area contributed by atoms with Crippen LogP contribution in [0.25, 0.3) is 0 Å². The van der Waals surface area contributed by atoms with Gasteiger partial charge in [0.2, 0.25) is 9.84 Å². The number of carboxylic acids is 1. The van der Waals surface area contributed by atoms with Gasteiger partial charge in [-0.3, -0.25) is 4.98 Å². The van der Waals surface area contributed by atoms with E-state index in [1.165, 1.54) is 24.3 Å². The Labute approximate surface area is 175 Å². The molecule has 0 amide bonds. The zero-order valence-corrected chi connectivity index (χ0v) is 16.9. The van der Waals surface area contributed by atoms with E-state index in [2.05, 4.69) is 10.3 Å². The van der Waals surface area contributed by atoms with Crippen LogP contribution in [-0.2, 0) is 16.3 Å². The van der Waals surface area contributed by atoms with Gasteiger partial charge < -0.3 is 15.5 Å². The zero-order valence-electron chi connectivity index (χ0n) is 16.1. The number of nitrogens with zero attached hydrogens (tertiary/aromatic N) is 1. The second-order valence-electron chi connectivity index (χ2n) is 6.73. The zero-order chi connectivity index (χ0) is 21.6. The van der Waals surface area contributed by atoms with Crippen molar-refractivity contribution in [2.45, 2.75) is 22.3 Å². The number of pyridine rings is 1. The number of hydrogen-bond donors (Lipinski definition) is 3. The van der Waals surface area contributed by atoms with Gasteiger partial charge in [0.05, 0.1) is 21.5 Å². The first-order valence-corrected chi connectivity index (χ1v) is 10.8. The number of hydrogen-bond acceptors (Lipinski definition) is 6. The Morgan fingerprint density at radius 3 is 2.20 bits per heavy atom. The summed E-state index contributed by atoms with van der Waals surface area (Å²) in [4.78, 5) is 15.1. The molecule has 0 aliphatic heterocycles. The van der Waals surface area contributed by atoms with Crippen LogP contribution in [0.4, 0.5) is 0 Å². The Morgan fingerprint density at radius 1 is 1.00 bits per heavy atom. The highest BCUT2D eigenvalue weighted by Gasteiger charge is 2.18. The molecule has 7 nitrogen and oxygen atoms in total. The van der Waals surface area contributed by atoms with E-state index < -0.39 is 21.9 Å². The summed E-state index contributed by atoms with van der Waals surface area (Å²) in [6.07, 6.45) is 3.31. The van der Waals surface area contributed by atoms with Crippen molar-refractivity contribution in [1.29, 1.82) is 0 Å². The van der Waals surface area contributed by atoms with E-state index in [0.717, 1.165) is 11.1 Å². The molecule has 0 saturated heterocycles. The molecule has 0 aliphatic carbocycles. The fourth-order valence-corrected chi connectivity index (χ4v) is 4.17. The van der Waals surface area contributed by atoms with E-state index >= 15 is 0 Å². The molecule has 1 heterocycles. The summed E-state index contributed by atoms with van der Waals surface area (Å²) in [5, 5.41) is 22.2. The molecule has 0 fully saturated rings. The molecule has 0 aliphatic rings. The van der Waals surface area contributed by atoms with Crippen LogP contribution in [0.3, 0.4) is 0 Å². The Hall–Kier alpha value is -3.07. The molecule has 156 valence electrons. The summed E-state index contributed by atoms with van der Waals surface area (Å²) < 4.78 is 25.4. The number of nitrogens with one attached hydrogen (secondary N) is 1. The Morgan fingerprint density at radius 2 is 1.63 bits per heavy atom. The predicted octanol–water partition coefficient (Wildman–Crippen LogP) is 2.48. The molecular weight excluding hydrogens is 404 g/mol. The molecule has 3 aromatic rings. The first-order valence-electron chi connectivity index (χ1n) is 9.34. The number of aliphatic hydroxyl groups excluding tert-OH is 1. The lowest BCUT2D eigenvalue weighted by Crippen LogP contribution is -2.23. The largest absolute Gasteiger partial charge is 0.478 e. The van der Waals surface area contributed by atoms with Gasteiger partial charge in [-0.2, -0.15) is 0 Å². The highest BCUT2D eigenvalue weighted by Crippen LogP contribution is 2.22. The van der Waals surface area contributed by atoms with E-state index in [1.54, 1.807) is 42.7 Å². The third-order valence-electron chi connectivity index (χ3n) is 4.64. The van der Waals surface area contributed by atoms with Crippen LogP contribution in [0.1, 0.15) is 27.6 Å². The van der Waals surface area contributed by atoms with Crippen LogP contribution < -0.4 is 5.32 Å².